The van der Waals surface area contributed by atoms with Gasteiger partial charge in [0.1, 0.15) is 6.33 Å². The summed E-state index contributed by atoms with van der Waals surface area (Å²) in [5.74, 6) is 0.635. The topological polar surface area (TPSA) is 59.3 Å². The molecule has 2 aromatic heterocycles. The zero-order valence-corrected chi connectivity index (χ0v) is 16.6. The molecule has 0 N–H and O–H groups in total. The zero-order chi connectivity index (χ0) is 19.1. The van der Waals surface area contributed by atoms with Crippen LogP contribution in [0.3, 0.4) is 0 Å². The summed E-state index contributed by atoms with van der Waals surface area (Å²) in [6.45, 7) is 5.15. The fourth-order valence-electron chi connectivity index (χ4n) is 4.54. The Hall–Kier alpha value is -2.67. The number of fused-ring (bicyclic) bond motifs is 2. The first-order valence-electron chi connectivity index (χ1n) is 10.0. The predicted molar refractivity (Wildman–Crippen MR) is 109 cm³/mol. The molecule has 3 heterocycles. The van der Waals surface area contributed by atoms with Gasteiger partial charge < -0.3 is 9.64 Å². The van der Waals surface area contributed by atoms with Crippen molar-refractivity contribution in [3.8, 4) is 5.88 Å². The Morgan fingerprint density at radius 3 is 2.75 bits per heavy atom. The molecule has 2 aliphatic rings. The van der Waals surface area contributed by atoms with E-state index in [4.69, 9.17) is 9.84 Å². The number of hydrogen-bond donors (Lipinski definition) is 0. The van der Waals surface area contributed by atoms with Gasteiger partial charge in [0.15, 0.2) is 0 Å². The molecule has 146 valence electrons. The average molecular weight is 378 g/mol. The summed E-state index contributed by atoms with van der Waals surface area (Å²) in [4.78, 5) is 13.6. The third-order valence-electron chi connectivity index (χ3n) is 6.08. The van der Waals surface area contributed by atoms with Crippen LogP contribution in [0.5, 0.6) is 5.88 Å². The van der Waals surface area contributed by atoms with Crippen LogP contribution in [0.1, 0.15) is 23.4 Å². The molecule has 7 heteroatoms. The summed E-state index contributed by atoms with van der Waals surface area (Å²) in [5.41, 5.74) is 6.37. The normalized spacial score (nSPS) is 17.3. The first-order chi connectivity index (χ1) is 13.7. The molecule has 5 rings (SSSR count). The highest BCUT2D eigenvalue weighted by Gasteiger charge is 2.24. The molecule has 1 saturated heterocycles. The van der Waals surface area contributed by atoms with E-state index in [0.29, 0.717) is 5.88 Å². The Bertz CT molecular complexity index is 1010. The molecule has 0 unspecified atom stereocenters. The maximum absolute atomic E-state index is 5.41. The molecular weight excluding hydrogens is 352 g/mol. The SMILES string of the molecule is COc1ncnc2ccc(N3CCN(Cc4c5c(nn4C)CCC5)CC3)cc12. The minimum atomic E-state index is 0.635. The van der Waals surface area contributed by atoms with Gasteiger partial charge in [-0.1, -0.05) is 0 Å². The summed E-state index contributed by atoms with van der Waals surface area (Å²) < 4.78 is 7.51. The number of benzene rings is 1. The van der Waals surface area contributed by atoms with Gasteiger partial charge in [-0.25, -0.2) is 9.97 Å². The van der Waals surface area contributed by atoms with E-state index in [1.807, 2.05) is 0 Å². The molecule has 3 aromatic rings. The van der Waals surface area contributed by atoms with E-state index >= 15 is 0 Å². The van der Waals surface area contributed by atoms with E-state index in [2.05, 4.69) is 49.7 Å². The van der Waals surface area contributed by atoms with E-state index < -0.39 is 0 Å². The minimum absolute atomic E-state index is 0.635. The number of aromatic nitrogens is 4. The van der Waals surface area contributed by atoms with Crippen molar-refractivity contribution in [3.63, 3.8) is 0 Å². The summed E-state index contributed by atoms with van der Waals surface area (Å²) >= 11 is 0. The van der Waals surface area contributed by atoms with Gasteiger partial charge in [-0.3, -0.25) is 9.58 Å². The second kappa shape index (κ2) is 7.05. The second-order valence-corrected chi connectivity index (χ2v) is 7.70. The van der Waals surface area contributed by atoms with Crippen LogP contribution in [0, 0.1) is 0 Å². The zero-order valence-electron chi connectivity index (χ0n) is 16.6. The largest absolute Gasteiger partial charge is 0.480 e. The standard InChI is InChI=1S/C21H26N6O/c1-25-20(16-4-3-5-19(16)24-25)13-26-8-10-27(11-9-26)15-6-7-18-17(12-15)21(28-2)23-14-22-18/h6-7,12,14H,3-5,8-11,13H2,1-2H3. The Labute approximate surface area is 164 Å². The van der Waals surface area contributed by atoms with Gasteiger partial charge in [0.05, 0.1) is 29.4 Å². The number of rotatable bonds is 4. The van der Waals surface area contributed by atoms with Crippen molar-refractivity contribution in [2.24, 2.45) is 7.05 Å². The van der Waals surface area contributed by atoms with Crippen LogP contribution < -0.4 is 9.64 Å². The lowest BCUT2D eigenvalue weighted by Crippen LogP contribution is -2.46. The molecule has 0 bridgehead atoms. The lowest BCUT2D eigenvalue weighted by Gasteiger charge is -2.36. The molecule has 28 heavy (non-hydrogen) atoms. The number of aryl methyl sites for hydroxylation is 2. The molecule has 0 saturated carbocycles. The number of methoxy groups -OCH3 is 1. The molecule has 7 nitrogen and oxygen atoms in total. The highest BCUT2D eigenvalue weighted by atomic mass is 16.5. The van der Waals surface area contributed by atoms with Crippen molar-refractivity contribution in [2.45, 2.75) is 25.8 Å². The quantitative estimate of drug-likeness (QED) is 0.694. The maximum Gasteiger partial charge on any atom is 0.224 e. The Morgan fingerprint density at radius 1 is 1.07 bits per heavy atom. The van der Waals surface area contributed by atoms with Crippen LogP contribution in [-0.4, -0.2) is 57.9 Å². The molecule has 1 fully saturated rings. The van der Waals surface area contributed by atoms with Gasteiger partial charge in [0.25, 0.3) is 0 Å². The maximum atomic E-state index is 5.41. The summed E-state index contributed by atoms with van der Waals surface area (Å²) in [5, 5.41) is 5.69. The van der Waals surface area contributed by atoms with Crippen LogP contribution in [0.15, 0.2) is 24.5 Å². The Kier molecular flexibility index (Phi) is 4.39. The van der Waals surface area contributed by atoms with E-state index in [-0.39, 0.29) is 0 Å². The van der Waals surface area contributed by atoms with Gasteiger partial charge in [-0.15, -0.1) is 0 Å². The molecule has 0 atom stereocenters. The van der Waals surface area contributed by atoms with Crippen molar-refractivity contribution in [3.05, 3.63) is 41.5 Å². The number of hydrogen-bond acceptors (Lipinski definition) is 6. The molecule has 0 amide bonds. The summed E-state index contributed by atoms with van der Waals surface area (Å²) in [7, 11) is 3.75. The summed E-state index contributed by atoms with van der Waals surface area (Å²) in [6.07, 6.45) is 5.15. The minimum Gasteiger partial charge on any atom is -0.480 e. The molecule has 1 aliphatic carbocycles. The van der Waals surface area contributed by atoms with E-state index in [9.17, 15) is 0 Å². The first-order valence-corrected chi connectivity index (χ1v) is 10.0. The van der Waals surface area contributed by atoms with Crippen LogP contribution in [0.25, 0.3) is 10.9 Å². The highest BCUT2D eigenvalue weighted by Crippen LogP contribution is 2.28. The third-order valence-corrected chi connectivity index (χ3v) is 6.08. The molecule has 0 radical (unpaired) electrons. The van der Waals surface area contributed by atoms with Gasteiger partial charge in [-0.2, -0.15) is 5.10 Å². The number of anilines is 1. The predicted octanol–water partition coefficient (Wildman–Crippen LogP) is 2.18. The van der Waals surface area contributed by atoms with Crippen molar-refractivity contribution >= 4 is 16.6 Å². The van der Waals surface area contributed by atoms with Crippen LogP contribution in [0.4, 0.5) is 5.69 Å². The molecule has 0 spiro atoms. The smallest absolute Gasteiger partial charge is 0.224 e. The Morgan fingerprint density at radius 2 is 1.93 bits per heavy atom. The van der Waals surface area contributed by atoms with Crippen LogP contribution in [0.2, 0.25) is 0 Å². The lowest BCUT2D eigenvalue weighted by atomic mass is 10.1. The van der Waals surface area contributed by atoms with Gasteiger partial charge in [0, 0.05) is 45.5 Å². The van der Waals surface area contributed by atoms with Gasteiger partial charge in [-0.05, 0) is 43.0 Å². The first kappa shape index (κ1) is 17.4. The molecule has 1 aromatic carbocycles. The van der Waals surface area contributed by atoms with Crippen molar-refractivity contribution < 1.29 is 4.74 Å². The van der Waals surface area contributed by atoms with Crippen molar-refractivity contribution in [2.75, 3.05) is 38.2 Å². The lowest BCUT2D eigenvalue weighted by molar-refractivity contribution is 0.243. The van der Waals surface area contributed by atoms with Crippen LogP contribution >= 0.6 is 0 Å². The van der Waals surface area contributed by atoms with E-state index in [0.717, 1.165) is 50.0 Å². The highest BCUT2D eigenvalue weighted by molar-refractivity contribution is 5.86. The van der Waals surface area contributed by atoms with Gasteiger partial charge >= 0.3 is 0 Å². The third kappa shape index (κ3) is 2.99. The fraction of sp³-hybridized carbons (Fsp3) is 0.476. The molecular formula is C21H26N6O. The van der Waals surface area contributed by atoms with E-state index in [1.54, 1.807) is 13.4 Å². The number of piperazine rings is 1. The second-order valence-electron chi connectivity index (χ2n) is 7.70. The van der Waals surface area contributed by atoms with Gasteiger partial charge in [0.2, 0.25) is 5.88 Å². The fourth-order valence-corrected chi connectivity index (χ4v) is 4.54. The van der Waals surface area contributed by atoms with Crippen molar-refractivity contribution in [1.29, 1.82) is 0 Å². The Balaban J connectivity index is 1.29. The molecule has 1 aliphatic heterocycles. The number of ether oxygens (including phenoxy) is 1. The monoisotopic (exact) mass is 378 g/mol. The van der Waals surface area contributed by atoms with Crippen LogP contribution in [-0.2, 0) is 26.4 Å². The number of nitrogens with zero attached hydrogens (tertiary/aromatic N) is 6. The summed E-state index contributed by atoms with van der Waals surface area (Å²) in [6, 6.07) is 6.36. The average Bonchev–Trinajstić information content (AvgIpc) is 3.30. The van der Waals surface area contributed by atoms with Crippen molar-refractivity contribution in [1.82, 2.24) is 24.6 Å². The van der Waals surface area contributed by atoms with E-state index in [1.165, 1.54) is 35.5 Å².